The number of nitrogens with zero attached hydrogens (tertiary/aromatic N) is 2. The van der Waals surface area contributed by atoms with Gasteiger partial charge in [-0.1, -0.05) is 25.4 Å². The van der Waals surface area contributed by atoms with Gasteiger partial charge in [0.2, 0.25) is 10.0 Å². The number of hydrogen-bond donors (Lipinski definition) is 1. The van der Waals surface area contributed by atoms with Crippen molar-refractivity contribution in [3.63, 3.8) is 0 Å². The molecular formula is C13H20ClN3O2S. The first-order valence-electron chi connectivity index (χ1n) is 6.66. The van der Waals surface area contributed by atoms with E-state index in [9.17, 15) is 8.42 Å². The number of pyridine rings is 1. The van der Waals surface area contributed by atoms with Crippen LogP contribution in [0.25, 0.3) is 0 Å². The van der Waals surface area contributed by atoms with Gasteiger partial charge in [0.05, 0.1) is 5.02 Å². The van der Waals surface area contributed by atoms with E-state index in [-0.39, 0.29) is 21.8 Å². The Morgan fingerprint density at radius 2 is 2.05 bits per heavy atom. The number of anilines is 1. The summed E-state index contributed by atoms with van der Waals surface area (Å²) in [5, 5.41) is 0.164. The van der Waals surface area contributed by atoms with Gasteiger partial charge >= 0.3 is 0 Å². The lowest BCUT2D eigenvalue weighted by molar-refractivity contribution is 0.157. The molecule has 1 saturated heterocycles. The second kappa shape index (κ2) is 5.50. The van der Waals surface area contributed by atoms with Crippen LogP contribution in [-0.4, -0.2) is 30.3 Å². The predicted molar refractivity (Wildman–Crippen MR) is 80.0 cm³/mol. The number of piperidine rings is 1. The topological polar surface area (TPSA) is 76.3 Å². The first-order valence-corrected chi connectivity index (χ1v) is 8.48. The molecule has 0 radical (unpaired) electrons. The van der Waals surface area contributed by atoms with Gasteiger partial charge < -0.3 is 5.73 Å². The molecule has 0 spiro atoms. The Bertz CT molecular complexity index is 606. The molecule has 0 amide bonds. The molecule has 20 heavy (non-hydrogen) atoms. The maximum Gasteiger partial charge on any atom is 0.244 e. The standard InChI is InChI=1S/C13H20ClN3O2S/c1-8-4-9(2)10(3)17(7-8)20(18,19)11-5-12(14)13(15)16-6-11/h5-6,8-10H,4,7H2,1-3H3,(H2,15,16). The molecule has 0 aliphatic carbocycles. The summed E-state index contributed by atoms with van der Waals surface area (Å²) in [5.41, 5.74) is 5.53. The number of sulfonamides is 1. The van der Waals surface area contributed by atoms with Crippen molar-refractivity contribution >= 4 is 27.4 Å². The summed E-state index contributed by atoms with van der Waals surface area (Å²) in [6, 6.07) is 1.34. The van der Waals surface area contributed by atoms with Crippen molar-refractivity contribution in [2.24, 2.45) is 11.8 Å². The first-order chi connectivity index (χ1) is 9.23. The Balaban J connectivity index is 2.40. The fourth-order valence-electron chi connectivity index (χ4n) is 2.69. The number of nitrogens with two attached hydrogens (primary N) is 1. The third-order valence-corrected chi connectivity index (χ3v) is 6.22. The Hall–Kier alpha value is -0.850. The second-order valence-electron chi connectivity index (χ2n) is 5.67. The average molecular weight is 318 g/mol. The van der Waals surface area contributed by atoms with Gasteiger partial charge in [-0.05, 0) is 31.2 Å². The molecule has 2 N–H and O–H groups in total. The molecule has 3 unspecified atom stereocenters. The lowest BCUT2D eigenvalue weighted by Crippen LogP contribution is -2.48. The predicted octanol–water partition coefficient (Wildman–Crippen LogP) is 2.37. The van der Waals surface area contributed by atoms with Crippen LogP contribution in [0.5, 0.6) is 0 Å². The molecule has 2 heterocycles. The van der Waals surface area contributed by atoms with Crippen molar-refractivity contribution in [1.29, 1.82) is 0 Å². The summed E-state index contributed by atoms with van der Waals surface area (Å²) in [4.78, 5) is 3.94. The molecule has 1 aromatic heterocycles. The molecular weight excluding hydrogens is 298 g/mol. The number of halogens is 1. The molecule has 5 nitrogen and oxygen atoms in total. The monoisotopic (exact) mass is 317 g/mol. The molecule has 1 fully saturated rings. The molecule has 2 rings (SSSR count). The third kappa shape index (κ3) is 2.77. The Labute approximate surface area is 125 Å². The van der Waals surface area contributed by atoms with Crippen molar-refractivity contribution in [1.82, 2.24) is 9.29 Å². The van der Waals surface area contributed by atoms with E-state index in [1.807, 2.05) is 6.92 Å². The van der Waals surface area contributed by atoms with Crippen LogP contribution >= 0.6 is 11.6 Å². The van der Waals surface area contributed by atoms with Crippen LogP contribution in [0.4, 0.5) is 5.82 Å². The summed E-state index contributed by atoms with van der Waals surface area (Å²) in [7, 11) is -3.59. The third-order valence-electron chi connectivity index (χ3n) is 3.99. The smallest absolute Gasteiger partial charge is 0.244 e. The quantitative estimate of drug-likeness (QED) is 0.908. The van der Waals surface area contributed by atoms with Gasteiger partial charge in [0.25, 0.3) is 0 Å². The molecule has 112 valence electrons. The zero-order valence-electron chi connectivity index (χ0n) is 11.9. The van der Waals surface area contributed by atoms with E-state index in [1.165, 1.54) is 12.3 Å². The summed E-state index contributed by atoms with van der Waals surface area (Å²) >= 11 is 5.88. The van der Waals surface area contributed by atoms with E-state index in [1.54, 1.807) is 4.31 Å². The Morgan fingerprint density at radius 3 is 2.65 bits per heavy atom. The van der Waals surface area contributed by atoms with Crippen LogP contribution in [0.2, 0.25) is 5.02 Å². The summed E-state index contributed by atoms with van der Waals surface area (Å²) in [5.74, 6) is 0.804. The van der Waals surface area contributed by atoms with Crippen LogP contribution in [0.15, 0.2) is 17.2 Å². The highest BCUT2D eigenvalue weighted by Gasteiger charge is 2.37. The highest BCUT2D eigenvalue weighted by Crippen LogP contribution is 2.32. The van der Waals surface area contributed by atoms with Gasteiger partial charge in [-0.25, -0.2) is 13.4 Å². The Kier molecular flexibility index (Phi) is 4.27. The average Bonchev–Trinajstić information content (AvgIpc) is 2.36. The number of hydrogen-bond acceptors (Lipinski definition) is 4. The molecule has 7 heteroatoms. The first kappa shape index (κ1) is 15.5. The number of nitrogen functional groups attached to an aromatic ring is 1. The minimum absolute atomic E-state index is 0.0347. The number of aromatic nitrogens is 1. The van der Waals surface area contributed by atoms with Crippen LogP contribution in [0.1, 0.15) is 27.2 Å². The van der Waals surface area contributed by atoms with E-state index in [4.69, 9.17) is 17.3 Å². The van der Waals surface area contributed by atoms with Crippen LogP contribution in [0, 0.1) is 11.8 Å². The fourth-order valence-corrected chi connectivity index (χ4v) is 4.74. The zero-order valence-corrected chi connectivity index (χ0v) is 13.4. The molecule has 1 aromatic rings. The van der Waals surface area contributed by atoms with Crippen LogP contribution in [0.3, 0.4) is 0 Å². The summed E-state index contributed by atoms with van der Waals surface area (Å²) in [6.07, 6.45) is 2.31. The maximum absolute atomic E-state index is 12.7. The van der Waals surface area contributed by atoms with Gasteiger partial charge in [-0.15, -0.1) is 0 Å². The molecule has 0 bridgehead atoms. The minimum atomic E-state index is -3.59. The molecule has 0 saturated carbocycles. The van der Waals surface area contributed by atoms with Crippen molar-refractivity contribution in [3.05, 3.63) is 17.3 Å². The minimum Gasteiger partial charge on any atom is -0.382 e. The van der Waals surface area contributed by atoms with E-state index in [0.29, 0.717) is 18.4 Å². The largest absolute Gasteiger partial charge is 0.382 e. The lowest BCUT2D eigenvalue weighted by Gasteiger charge is -2.39. The van der Waals surface area contributed by atoms with Gasteiger partial charge in [-0.2, -0.15) is 4.31 Å². The summed E-state index contributed by atoms with van der Waals surface area (Å²) in [6.45, 7) is 6.62. The molecule has 3 atom stereocenters. The maximum atomic E-state index is 12.7. The van der Waals surface area contributed by atoms with Crippen molar-refractivity contribution in [2.45, 2.75) is 38.1 Å². The fraction of sp³-hybridized carbons (Fsp3) is 0.615. The van der Waals surface area contributed by atoms with Crippen LogP contribution < -0.4 is 5.73 Å². The summed E-state index contributed by atoms with van der Waals surface area (Å²) < 4.78 is 27.0. The second-order valence-corrected chi connectivity index (χ2v) is 7.97. The van der Waals surface area contributed by atoms with Crippen molar-refractivity contribution in [2.75, 3.05) is 12.3 Å². The Morgan fingerprint density at radius 1 is 1.40 bits per heavy atom. The lowest BCUT2D eigenvalue weighted by atomic mass is 9.88. The number of rotatable bonds is 2. The molecule has 1 aliphatic heterocycles. The van der Waals surface area contributed by atoms with Crippen molar-refractivity contribution in [3.8, 4) is 0 Å². The van der Waals surface area contributed by atoms with Gasteiger partial charge in [-0.3, -0.25) is 0 Å². The van der Waals surface area contributed by atoms with E-state index in [0.717, 1.165) is 6.42 Å². The highest BCUT2D eigenvalue weighted by atomic mass is 35.5. The molecule has 0 aromatic carbocycles. The van der Waals surface area contributed by atoms with Gasteiger partial charge in [0.15, 0.2) is 0 Å². The van der Waals surface area contributed by atoms with Gasteiger partial charge in [0.1, 0.15) is 10.7 Å². The normalized spacial score (nSPS) is 28.5. The zero-order chi connectivity index (χ0) is 15.1. The van der Waals surface area contributed by atoms with Gasteiger partial charge in [0, 0.05) is 18.8 Å². The van der Waals surface area contributed by atoms with E-state index in [2.05, 4.69) is 18.8 Å². The van der Waals surface area contributed by atoms with Crippen molar-refractivity contribution < 1.29 is 8.42 Å². The SMILES string of the molecule is CC1CC(C)C(C)N(S(=O)(=O)c2cnc(N)c(Cl)c2)C1. The van der Waals surface area contributed by atoms with E-state index >= 15 is 0 Å². The highest BCUT2D eigenvalue weighted by molar-refractivity contribution is 7.89. The van der Waals surface area contributed by atoms with Crippen LogP contribution in [-0.2, 0) is 10.0 Å². The van der Waals surface area contributed by atoms with E-state index < -0.39 is 10.0 Å². The molecule has 1 aliphatic rings.